The van der Waals surface area contributed by atoms with E-state index in [-0.39, 0.29) is 18.0 Å². The number of esters is 1. The molecule has 13 heavy (non-hydrogen) atoms. The zero-order valence-corrected chi connectivity index (χ0v) is 7.86. The summed E-state index contributed by atoms with van der Waals surface area (Å²) < 4.78 is 9.74. The number of aldehydes is 1. The first-order valence-corrected chi connectivity index (χ1v) is 4.30. The van der Waals surface area contributed by atoms with Crippen LogP contribution in [0.15, 0.2) is 0 Å². The molecule has 0 aromatic rings. The van der Waals surface area contributed by atoms with Crippen LogP contribution in [0.4, 0.5) is 0 Å². The molecule has 1 aliphatic carbocycles. The minimum atomic E-state index is -0.410. The molecule has 4 nitrogen and oxygen atoms in total. The van der Waals surface area contributed by atoms with Gasteiger partial charge in [0.15, 0.2) is 0 Å². The van der Waals surface area contributed by atoms with Gasteiger partial charge in [-0.1, -0.05) is 0 Å². The van der Waals surface area contributed by atoms with E-state index in [0.717, 1.165) is 12.7 Å². The molecule has 0 spiro atoms. The third kappa shape index (κ3) is 1.88. The van der Waals surface area contributed by atoms with Gasteiger partial charge in [-0.3, -0.25) is 4.79 Å². The number of carbonyl (C=O) groups excluding carboxylic acids is 2. The molecule has 3 unspecified atom stereocenters. The van der Waals surface area contributed by atoms with Crippen molar-refractivity contribution in [2.45, 2.75) is 18.9 Å². The third-order valence-electron chi connectivity index (χ3n) is 2.60. The van der Waals surface area contributed by atoms with E-state index in [9.17, 15) is 9.59 Å². The molecule has 3 atom stereocenters. The average molecular weight is 186 g/mol. The van der Waals surface area contributed by atoms with E-state index in [0.29, 0.717) is 6.42 Å². The second kappa shape index (κ2) is 4.37. The second-order valence-electron chi connectivity index (χ2n) is 3.20. The zero-order valence-electron chi connectivity index (χ0n) is 7.86. The molecule has 74 valence electrons. The molecule has 0 bridgehead atoms. The lowest BCUT2D eigenvalue weighted by Gasteiger charge is -2.17. The molecule has 0 N–H and O–H groups in total. The van der Waals surface area contributed by atoms with Crippen LogP contribution in [0.3, 0.4) is 0 Å². The number of hydrogen-bond donors (Lipinski definition) is 0. The molecule has 0 radical (unpaired) electrons. The lowest BCUT2D eigenvalue weighted by Crippen LogP contribution is -2.31. The summed E-state index contributed by atoms with van der Waals surface area (Å²) in [5, 5.41) is 0. The molecule has 1 aliphatic rings. The molecule has 0 saturated heterocycles. The molecule has 0 aromatic heterocycles. The normalized spacial score (nSPS) is 32.9. The lowest BCUT2D eigenvalue weighted by molar-refractivity contribution is -0.151. The van der Waals surface area contributed by atoms with Crippen LogP contribution in [-0.2, 0) is 19.1 Å². The fourth-order valence-electron chi connectivity index (χ4n) is 1.87. The Morgan fingerprint density at radius 2 is 2.08 bits per heavy atom. The van der Waals surface area contributed by atoms with Crippen LogP contribution < -0.4 is 0 Å². The van der Waals surface area contributed by atoms with Gasteiger partial charge in [-0.05, 0) is 12.8 Å². The first kappa shape index (κ1) is 10.2. The minimum absolute atomic E-state index is 0.164. The van der Waals surface area contributed by atoms with E-state index in [2.05, 4.69) is 4.74 Å². The van der Waals surface area contributed by atoms with Crippen LogP contribution in [0.1, 0.15) is 12.8 Å². The Morgan fingerprint density at radius 1 is 1.38 bits per heavy atom. The number of methoxy groups -OCH3 is 2. The van der Waals surface area contributed by atoms with Gasteiger partial charge in [0.1, 0.15) is 6.29 Å². The number of ether oxygens (including phenoxy) is 2. The summed E-state index contributed by atoms with van der Waals surface area (Å²) in [5.41, 5.74) is 0. The summed E-state index contributed by atoms with van der Waals surface area (Å²) in [7, 11) is 2.88. The second-order valence-corrected chi connectivity index (χ2v) is 3.20. The highest BCUT2D eigenvalue weighted by Gasteiger charge is 2.41. The fraction of sp³-hybridized carbons (Fsp3) is 0.778. The van der Waals surface area contributed by atoms with Gasteiger partial charge in [-0.25, -0.2) is 0 Å². The van der Waals surface area contributed by atoms with Crippen LogP contribution >= 0.6 is 0 Å². The predicted molar refractivity (Wildman–Crippen MR) is 45.1 cm³/mol. The van der Waals surface area contributed by atoms with Crippen LogP contribution in [0.25, 0.3) is 0 Å². The summed E-state index contributed by atoms with van der Waals surface area (Å²) >= 11 is 0. The molecule has 0 heterocycles. The van der Waals surface area contributed by atoms with Crippen molar-refractivity contribution in [3.05, 3.63) is 0 Å². The maximum atomic E-state index is 11.3. The molecule has 0 amide bonds. The van der Waals surface area contributed by atoms with Crippen LogP contribution in [-0.4, -0.2) is 32.6 Å². The summed E-state index contributed by atoms with van der Waals surface area (Å²) in [5.74, 6) is -0.994. The maximum absolute atomic E-state index is 11.3. The summed E-state index contributed by atoms with van der Waals surface area (Å²) in [4.78, 5) is 21.9. The standard InChI is InChI=1S/C9H14O4/c1-12-7-4-3-6(5-10)8(7)9(11)13-2/h5-8H,3-4H2,1-2H3. The number of carbonyl (C=O) groups is 2. The zero-order chi connectivity index (χ0) is 9.84. The van der Waals surface area contributed by atoms with Gasteiger partial charge < -0.3 is 14.3 Å². The van der Waals surface area contributed by atoms with E-state index < -0.39 is 5.92 Å². The number of rotatable bonds is 3. The smallest absolute Gasteiger partial charge is 0.312 e. The van der Waals surface area contributed by atoms with Gasteiger partial charge in [0.2, 0.25) is 0 Å². The molecule has 1 saturated carbocycles. The lowest BCUT2D eigenvalue weighted by atomic mass is 9.96. The van der Waals surface area contributed by atoms with Gasteiger partial charge in [0.25, 0.3) is 0 Å². The third-order valence-corrected chi connectivity index (χ3v) is 2.60. The minimum Gasteiger partial charge on any atom is -0.469 e. The highest BCUT2D eigenvalue weighted by atomic mass is 16.5. The Hall–Kier alpha value is -0.900. The topological polar surface area (TPSA) is 52.6 Å². The largest absolute Gasteiger partial charge is 0.469 e. The SMILES string of the molecule is COC(=O)C1C(C=O)CCC1OC. The highest BCUT2D eigenvalue weighted by molar-refractivity contribution is 5.78. The molecular formula is C9H14O4. The summed E-state index contributed by atoms with van der Waals surface area (Å²) in [6.45, 7) is 0. The first-order chi connectivity index (χ1) is 6.24. The van der Waals surface area contributed by atoms with Crippen molar-refractivity contribution in [3.8, 4) is 0 Å². The van der Waals surface area contributed by atoms with Crippen molar-refractivity contribution < 1.29 is 19.1 Å². The van der Waals surface area contributed by atoms with Crippen LogP contribution in [0.5, 0.6) is 0 Å². The van der Waals surface area contributed by atoms with Gasteiger partial charge in [-0.2, -0.15) is 0 Å². The maximum Gasteiger partial charge on any atom is 0.312 e. The van der Waals surface area contributed by atoms with Gasteiger partial charge >= 0.3 is 5.97 Å². The van der Waals surface area contributed by atoms with Crippen LogP contribution in [0, 0.1) is 11.8 Å². The van der Waals surface area contributed by atoms with Crippen molar-refractivity contribution >= 4 is 12.3 Å². The van der Waals surface area contributed by atoms with Gasteiger partial charge in [0.05, 0.1) is 19.1 Å². The van der Waals surface area contributed by atoms with E-state index in [1.165, 1.54) is 7.11 Å². The van der Waals surface area contributed by atoms with E-state index >= 15 is 0 Å². The molecule has 0 aromatic carbocycles. The van der Waals surface area contributed by atoms with Crippen molar-refractivity contribution in [2.24, 2.45) is 11.8 Å². The molecule has 1 fully saturated rings. The molecule has 4 heteroatoms. The van der Waals surface area contributed by atoms with E-state index in [4.69, 9.17) is 4.74 Å². The molecular weight excluding hydrogens is 172 g/mol. The van der Waals surface area contributed by atoms with Gasteiger partial charge in [-0.15, -0.1) is 0 Å². The van der Waals surface area contributed by atoms with Crippen molar-refractivity contribution in [3.63, 3.8) is 0 Å². The Morgan fingerprint density at radius 3 is 2.54 bits per heavy atom. The Bertz CT molecular complexity index is 202. The predicted octanol–water partition coefficient (Wildman–Crippen LogP) is 0.399. The Labute approximate surface area is 77.2 Å². The van der Waals surface area contributed by atoms with Gasteiger partial charge in [0, 0.05) is 13.0 Å². The Kier molecular flexibility index (Phi) is 3.42. The van der Waals surface area contributed by atoms with Crippen molar-refractivity contribution in [1.29, 1.82) is 0 Å². The summed E-state index contributed by atoms with van der Waals surface area (Å²) in [6.07, 6.45) is 2.12. The van der Waals surface area contributed by atoms with Crippen LogP contribution in [0.2, 0.25) is 0 Å². The Balaban J connectivity index is 2.72. The quantitative estimate of drug-likeness (QED) is 0.473. The molecule has 0 aliphatic heterocycles. The van der Waals surface area contributed by atoms with E-state index in [1.807, 2.05) is 0 Å². The monoisotopic (exact) mass is 186 g/mol. The van der Waals surface area contributed by atoms with Crippen molar-refractivity contribution in [1.82, 2.24) is 0 Å². The molecule has 1 rings (SSSR count). The average Bonchev–Trinajstić information content (AvgIpc) is 2.59. The first-order valence-electron chi connectivity index (χ1n) is 4.30. The van der Waals surface area contributed by atoms with E-state index in [1.54, 1.807) is 7.11 Å². The highest BCUT2D eigenvalue weighted by Crippen LogP contribution is 2.33. The van der Waals surface area contributed by atoms with Crippen molar-refractivity contribution in [2.75, 3.05) is 14.2 Å². The summed E-state index contributed by atoms with van der Waals surface area (Å²) in [6, 6.07) is 0. The fourth-order valence-corrected chi connectivity index (χ4v) is 1.87. The number of hydrogen-bond acceptors (Lipinski definition) is 4.